The summed E-state index contributed by atoms with van der Waals surface area (Å²) in [6, 6.07) is 2.01. The maximum Gasteiger partial charge on any atom is 0.417 e. The molecule has 0 saturated carbocycles. The highest BCUT2D eigenvalue weighted by Crippen LogP contribution is 2.49. The zero-order chi connectivity index (χ0) is 29.2. The van der Waals surface area contributed by atoms with Crippen molar-refractivity contribution in [3.63, 3.8) is 0 Å². The molecule has 1 N–H and O–H groups in total. The molecule has 15 heteroatoms. The summed E-state index contributed by atoms with van der Waals surface area (Å²) in [5.74, 6) is -1.76. The average Bonchev–Trinajstić information content (AvgIpc) is 3.35. The summed E-state index contributed by atoms with van der Waals surface area (Å²) >= 11 is 4.05. The van der Waals surface area contributed by atoms with E-state index in [1.54, 1.807) is 6.20 Å². The van der Waals surface area contributed by atoms with Crippen molar-refractivity contribution in [2.75, 3.05) is 23.7 Å². The molecular formula is C26H23BrF5N7OS. The molecule has 0 amide bonds. The van der Waals surface area contributed by atoms with E-state index in [2.05, 4.69) is 36.5 Å². The van der Waals surface area contributed by atoms with E-state index in [-0.39, 0.29) is 50.5 Å². The summed E-state index contributed by atoms with van der Waals surface area (Å²) in [4.78, 5) is 19.8. The maximum atomic E-state index is 15.3. The normalized spacial score (nSPS) is 21.4. The van der Waals surface area contributed by atoms with E-state index in [9.17, 15) is 22.4 Å². The Hall–Kier alpha value is -3.04. The van der Waals surface area contributed by atoms with Crippen molar-refractivity contribution < 1.29 is 22.0 Å². The lowest BCUT2D eigenvalue weighted by atomic mass is 9.95. The number of hydrogen-bond acceptors (Lipinski definition) is 7. The van der Waals surface area contributed by atoms with Gasteiger partial charge >= 0.3 is 11.9 Å². The first kappa shape index (κ1) is 28.1. The van der Waals surface area contributed by atoms with Gasteiger partial charge in [-0.1, -0.05) is 5.21 Å². The second-order valence-corrected chi connectivity index (χ2v) is 12.2. The number of nitrogens with zero attached hydrogens (tertiary/aromatic N) is 6. The van der Waals surface area contributed by atoms with Gasteiger partial charge in [-0.25, -0.2) is 18.3 Å². The monoisotopic (exact) mass is 655 g/mol. The summed E-state index contributed by atoms with van der Waals surface area (Å²) in [5, 5.41) is 11.4. The van der Waals surface area contributed by atoms with Crippen LogP contribution < -0.4 is 15.9 Å². The first-order valence-electron chi connectivity index (χ1n) is 12.8. The van der Waals surface area contributed by atoms with E-state index in [0.717, 1.165) is 23.9 Å². The van der Waals surface area contributed by atoms with Crippen molar-refractivity contribution in [1.29, 1.82) is 0 Å². The van der Waals surface area contributed by atoms with Gasteiger partial charge in [0, 0.05) is 64.6 Å². The third kappa shape index (κ3) is 5.01. The quantitative estimate of drug-likeness (QED) is 0.239. The minimum atomic E-state index is -4.91. The fourth-order valence-electron chi connectivity index (χ4n) is 5.66. The molecule has 41 heavy (non-hydrogen) atoms. The summed E-state index contributed by atoms with van der Waals surface area (Å²) in [5.41, 5.74) is -2.43. The Morgan fingerprint density at radius 2 is 1.80 bits per heavy atom. The number of halogens is 6. The van der Waals surface area contributed by atoms with Crippen molar-refractivity contribution in [2.24, 2.45) is 0 Å². The Bertz CT molecular complexity index is 1700. The largest absolute Gasteiger partial charge is 0.417 e. The highest BCUT2D eigenvalue weighted by molar-refractivity contribution is 9.10. The Kier molecular flexibility index (Phi) is 7.09. The molecule has 0 aliphatic carbocycles. The van der Waals surface area contributed by atoms with Crippen LogP contribution in [0.3, 0.4) is 0 Å². The molecule has 0 unspecified atom stereocenters. The van der Waals surface area contributed by atoms with Gasteiger partial charge in [0.15, 0.2) is 0 Å². The third-order valence-corrected chi connectivity index (χ3v) is 9.11. The molecule has 2 aliphatic rings. The first-order valence-corrected chi connectivity index (χ1v) is 14.5. The summed E-state index contributed by atoms with van der Waals surface area (Å²) < 4.78 is 76.7. The lowest BCUT2D eigenvalue weighted by molar-refractivity contribution is -0.137. The van der Waals surface area contributed by atoms with Gasteiger partial charge in [-0.2, -0.15) is 18.2 Å². The molecule has 4 aromatic rings. The molecular weight excluding hydrogens is 633 g/mol. The molecule has 0 radical (unpaired) electrons. The number of alkyl halides is 3. The van der Waals surface area contributed by atoms with E-state index in [0.29, 0.717) is 19.2 Å². The van der Waals surface area contributed by atoms with Gasteiger partial charge in [-0.15, -0.1) is 16.9 Å². The molecule has 0 bridgehead atoms. The van der Waals surface area contributed by atoms with Crippen LogP contribution >= 0.6 is 27.7 Å². The van der Waals surface area contributed by atoms with Crippen LogP contribution in [0, 0.1) is 11.6 Å². The number of thioether (sulfide) groups is 1. The van der Waals surface area contributed by atoms with Gasteiger partial charge in [0.25, 0.3) is 0 Å². The minimum Gasteiger partial charge on any atom is -0.353 e. The molecule has 2 aromatic heterocycles. The Morgan fingerprint density at radius 1 is 1.07 bits per heavy atom. The van der Waals surface area contributed by atoms with E-state index < -0.39 is 46.2 Å². The predicted molar refractivity (Wildman–Crippen MR) is 148 cm³/mol. The molecule has 8 nitrogen and oxygen atoms in total. The van der Waals surface area contributed by atoms with Crippen LogP contribution in [0.1, 0.15) is 25.5 Å². The van der Waals surface area contributed by atoms with Crippen LogP contribution in [0.2, 0.25) is 0 Å². The maximum absolute atomic E-state index is 15.3. The van der Waals surface area contributed by atoms with Crippen molar-refractivity contribution in [3.05, 3.63) is 62.7 Å². The number of anilines is 1. The second kappa shape index (κ2) is 10.3. The number of benzene rings is 2. The van der Waals surface area contributed by atoms with Crippen LogP contribution in [-0.4, -0.2) is 55.5 Å². The van der Waals surface area contributed by atoms with Crippen LogP contribution in [-0.2, 0) is 12.7 Å². The van der Waals surface area contributed by atoms with Crippen molar-refractivity contribution in [1.82, 2.24) is 29.9 Å². The number of rotatable bonds is 3. The zero-order valence-corrected chi connectivity index (χ0v) is 24.1. The van der Waals surface area contributed by atoms with E-state index in [1.165, 1.54) is 15.4 Å². The molecule has 1 saturated heterocycles. The molecule has 2 aliphatic heterocycles. The van der Waals surface area contributed by atoms with Crippen LogP contribution in [0.25, 0.3) is 22.0 Å². The minimum absolute atomic E-state index is 0.00808. The molecule has 1 fully saturated rings. The summed E-state index contributed by atoms with van der Waals surface area (Å²) in [6.07, 6.45) is -1.84. The lowest BCUT2D eigenvalue weighted by Crippen LogP contribution is -2.55. The molecule has 6 rings (SSSR count). The molecule has 3 atom stereocenters. The van der Waals surface area contributed by atoms with E-state index in [4.69, 9.17) is 0 Å². The Labute approximate surface area is 243 Å². The SMILES string of the molecule is C[C@@H]1CN(c2nc(=O)n3c4c(c(-c5cc(Br)c(F)cc5F)c(C(F)(F)F)cc24)SC[C@@H](n2ccnn2)C3)C[C@H](C)N1. The first-order chi connectivity index (χ1) is 19.4. The molecule has 216 valence electrons. The van der Waals surface area contributed by atoms with Crippen molar-refractivity contribution >= 4 is 44.4 Å². The Balaban J connectivity index is 1.72. The van der Waals surface area contributed by atoms with Crippen LogP contribution in [0.5, 0.6) is 0 Å². The van der Waals surface area contributed by atoms with Gasteiger partial charge in [-0.05, 0) is 41.9 Å². The summed E-state index contributed by atoms with van der Waals surface area (Å²) in [7, 11) is 0. The van der Waals surface area contributed by atoms with Crippen molar-refractivity contribution in [3.8, 4) is 11.1 Å². The predicted octanol–water partition coefficient (Wildman–Crippen LogP) is 5.25. The lowest BCUT2D eigenvalue weighted by Gasteiger charge is -2.37. The molecule has 4 heterocycles. The average molecular weight is 656 g/mol. The van der Waals surface area contributed by atoms with Gasteiger partial charge in [0.2, 0.25) is 0 Å². The van der Waals surface area contributed by atoms with E-state index >= 15 is 4.39 Å². The number of nitrogens with one attached hydrogen (secondary N) is 1. The fraction of sp³-hybridized carbons (Fsp3) is 0.385. The highest BCUT2D eigenvalue weighted by Gasteiger charge is 2.39. The molecule has 0 spiro atoms. The van der Waals surface area contributed by atoms with Crippen LogP contribution in [0.4, 0.5) is 27.8 Å². The standard InChI is InChI=1S/C26H23BrF5N7OS/c1-12-8-37(9-13(2)34-12)24-16-5-17(26(30,31)32)21(15-6-18(27)20(29)7-19(15)28)23-22(16)38(25(40)35-24)10-14(11-41-23)39-4-3-33-36-39/h3-7,12-14,34H,8-11H2,1-2H3/t12-,13+,14-/m0/s1. The van der Waals surface area contributed by atoms with Gasteiger partial charge < -0.3 is 10.2 Å². The number of hydrogen-bond donors (Lipinski definition) is 1. The third-order valence-electron chi connectivity index (χ3n) is 7.27. The van der Waals surface area contributed by atoms with Crippen molar-refractivity contribution in [2.45, 2.75) is 49.6 Å². The Morgan fingerprint density at radius 3 is 2.46 bits per heavy atom. The number of piperazine rings is 1. The smallest absolute Gasteiger partial charge is 0.353 e. The highest BCUT2D eigenvalue weighted by atomic mass is 79.9. The topological polar surface area (TPSA) is 80.9 Å². The zero-order valence-electron chi connectivity index (χ0n) is 21.7. The molecule has 2 aromatic carbocycles. The summed E-state index contributed by atoms with van der Waals surface area (Å²) in [6.45, 7) is 4.78. The van der Waals surface area contributed by atoms with E-state index in [1.807, 2.05) is 18.7 Å². The van der Waals surface area contributed by atoms with Gasteiger partial charge in [0.1, 0.15) is 17.5 Å². The number of aromatic nitrogens is 5. The van der Waals surface area contributed by atoms with Crippen LogP contribution in [0.15, 0.2) is 44.8 Å². The van der Waals surface area contributed by atoms with Gasteiger partial charge in [0.05, 0.1) is 34.3 Å². The second-order valence-electron chi connectivity index (χ2n) is 10.3. The fourth-order valence-corrected chi connectivity index (χ4v) is 7.35. The van der Waals surface area contributed by atoms with Gasteiger partial charge in [-0.3, -0.25) is 4.57 Å².